The standard InChI is InChI=1S/C34H56N3O2/c1-10-19-36(9)20-21-37(23-24(2)3)26(5)39-35-25(4)29-11-12-30-33(29,7)18-15-31-32(6)17-14-28(38)22-27(32)13-16-34(30,31)8/h22,24,29-31H,5,9-21,23H2,1-4,6-8H3/q+1/b35-25+/t29-,30-,31?,32+,33-,34+/m1/s1. The predicted molar refractivity (Wildman–Crippen MR) is 162 cm³/mol. The molecule has 1 unspecified atom stereocenters. The smallest absolute Gasteiger partial charge is 0.218 e. The van der Waals surface area contributed by atoms with Gasteiger partial charge in [-0.25, -0.2) is 4.58 Å². The number of rotatable bonds is 11. The van der Waals surface area contributed by atoms with Gasteiger partial charge in [0.05, 0.1) is 12.3 Å². The minimum absolute atomic E-state index is 0.199. The zero-order valence-corrected chi connectivity index (χ0v) is 26.2. The van der Waals surface area contributed by atoms with Crippen molar-refractivity contribution < 1.29 is 14.2 Å². The van der Waals surface area contributed by atoms with E-state index in [2.05, 4.69) is 71.2 Å². The second kappa shape index (κ2) is 11.5. The van der Waals surface area contributed by atoms with Gasteiger partial charge in [0, 0.05) is 25.3 Å². The number of ketones is 1. The molecule has 0 aromatic rings. The Hall–Kier alpha value is -1.91. The van der Waals surface area contributed by atoms with E-state index in [0.29, 0.717) is 40.8 Å². The van der Waals surface area contributed by atoms with Crippen molar-refractivity contribution in [2.24, 2.45) is 45.1 Å². The second-order valence-corrected chi connectivity index (χ2v) is 14.5. The van der Waals surface area contributed by atoms with Crippen molar-refractivity contribution in [1.82, 2.24) is 4.90 Å². The molecule has 5 heteroatoms. The Kier molecular flexibility index (Phi) is 8.88. The monoisotopic (exact) mass is 538 g/mol. The maximum Gasteiger partial charge on any atom is 0.218 e. The first-order chi connectivity index (χ1) is 18.3. The lowest BCUT2D eigenvalue weighted by Crippen LogP contribution is -2.56. The molecular formula is C34H56N3O2+. The quantitative estimate of drug-likeness (QED) is 0.119. The number of carbonyl (C=O) groups is 1. The van der Waals surface area contributed by atoms with Crippen LogP contribution in [-0.2, 0) is 9.63 Å². The summed E-state index contributed by atoms with van der Waals surface area (Å²) in [6.07, 6.45) is 12.2. The van der Waals surface area contributed by atoms with Gasteiger partial charge >= 0.3 is 0 Å². The van der Waals surface area contributed by atoms with Gasteiger partial charge in [-0.15, -0.1) is 0 Å². The van der Waals surface area contributed by atoms with Gasteiger partial charge in [0.15, 0.2) is 12.3 Å². The highest BCUT2D eigenvalue weighted by Crippen LogP contribution is 2.71. The van der Waals surface area contributed by atoms with E-state index in [9.17, 15) is 4.79 Å². The zero-order valence-electron chi connectivity index (χ0n) is 26.2. The summed E-state index contributed by atoms with van der Waals surface area (Å²) in [5.41, 5.74) is 3.35. The topological polar surface area (TPSA) is 44.9 Å². The summed E-state index contributed by atoms with van der Waals surface area (Å²) in [6, 6.07) is 0. The molecule has 0 spiro atoms. The van der Waals surface area contributed by atoms with Gasteiger partial charge in [0.25, 0.3) is 0 Å². The Bertz CT molecular complexity index is 1030. The summed E-state index contributed by atoms with van der Waals surface area (Å²) in [7, 11) is 0. The normalized spacial score (nSPS) is 36.1. The molecule has 6 atom stereocenters. The van der Waals surface area contributed by atoms with Gasteiger partial charge in [-0.3, -0.25) is 4.79 Å². The third kappa shape index (κ3) is 5.66. The molecular weight excluding hydrogens is 482 g/mol. The highest BCUT2D eigenvalue weighted by Gasteiger charge is 2.64. The maximum absolute atomic E-state index is 12.2. The van der Waals surface area contributed by atoms with Crippen molar-refractivity contribution in [3.05, 3.63) is 24.1 Å². The SMILES string of the molecule is C=C(O/N=C(\C)[C@H]1CC[C@@H]2[C@]1(C)CCC1[C@@]3(C)CCC(=O)C=C3CC[C@]12C)N(CC[N+](=C)CCC)CC(C)C. The van der Waals surface area contributed by atoms with Crippen molar-refractivity contribution >= 4 is 18.2 Å². The summed E-state index contributed by atoms with van der Waals surface area (Å²) in [5.74, 6) is 3.32. The lowest BCUT2D eigenvalue weighted by Gasteiger charge is -2.63. The summed E-state index contributed by atoms with van der Waals surface area (Å²) in [5, 5.41) is 4.75. The Balaban J connectivity index is 1.46. The van der Waals surface area contributed by atoms with Crippen LogP contribution >= 0.6 is 0 Å². The van der Waals surface area contributed by atoms with Crippen molar-refractivity contribution in [1.29, 1.82) is 0 Å². The van der Waals surface area contributed by atoms with Crippen LogP contribution in [0.1, 0.15) is 106 Å². The number of hydrogen-bond acceptors (Lipinski definition) is 4. The van der Waals surface area contributed by atoms with E-state index in [-0.39, 0.29) is 10.8 Å². The van der Waals surface area contributed by atoms with E-state index in [1.807, 2.05) is 6.08 Å². The summed E-state index contributed by atoms with van der Waals surface area (Å²) in [6.45, 7) is 28.5. The van der Waals surface area contributed by atoms with Crippen LogP contribution in [0.25, 0.3) is 0 Å². The molecule has 218 valence electrons. The molecule has 4 aliphatic carbocycles. The molecule has 0 saturated heterocycles. The molecule has 0 amide bonds. The third-order valence-corrected chi connectivity index (χ3v) is 11.5. The second-order valence-electron chi connectivity index (χ2n) is 14.5. The number of allylic oxidation sites excluding steroid dienone is 1. The summed E-state index contributed by atoms with van der Waals surface area (Å²) >= 11 is 0. The fourth-order valence-corrected chi connectivity index (χ4v) is 9.61. The van der Waals surface area contributed by atoms with Crippen molar-refractivity contribution in [3.8, 4) is 0 Å². The lowest BCUT2D eigenvalue weighted by molar-refractivity contribution is -0.519. The van der Waals surface area contributed by atoms with Crippen molar-refractivity contribution in [2.45, 2.75) is 106 Å². The molecule has 0 heterocycles. The third-order valence-electron chi connectivity index (χ3n) is 11.5. The Morgan fingerprint density at radius 3 is 2.54 bits per heavy atom. The van der Waals surface area contributed by atoms with Crippen LogP contribution in [0.3, 0.4) is 0 Å². The first-order valence-corrected chi connectivity index (χ1v) is 15.8. The molecule has 0 N–H and O–H groups in total. The lowest BCUT2D eigenvalue weighted by atomic mass is 9.41. The molecule has 0 bridgehead atoms. The van der Waals surface area contributed by atoms with Crippen LogP contribution in [0.2, 0.25) is 0 Å². The van der Waals surface area contributed by atoms with Crippen LogP contribution in [0.15, 0.2) is 29.3 Å². The van der Waals surface area contributed by atoms with E-state index in [1.54, 1.807) is 0 Å². The van der Waals surface area contributed by atoms with Crippen molar-refractivity contribution in [2.75, 3.05) is 26.2 Å². The molecule has 0 aromatic carbocycles. The number of hydrogen-bond donors (Lipinski definition) is 0. The molecule has 39 heavy (non-hydrogen) atoms. The molecule has 4 aliphatic rings. The Labute approximate surface area is 238 Å². The Morgan fingerprint density at radius 2 is 1.85 bits per heavy atom. The number of nitrogens with zero attached hydrogens (tertiary/aromatic N) is 3. The summed E-state index contributed by atoms with van der Waals surface area (Å²) in [4.78, 5) is 20.5. The molecule has 0 radical (unpaired) electrons. The fraction of sp³-hybridized carbons (Fsp3) is 0.794. The van der Waals surface area contributed by atoms with Gasteiger partial charge in [-0.1, -0.05) is 52.3 Å². The van der Waals surface area contributed by atoms with E-state index < -0.39 is 0 Å². The van der Waals surface area contributed by atoms with Gasteiger partial charge in [0.1, 0.15) is 13.3 Å². The molecule has 5 nitrogen and oxygen atoms in total. The minimum atomic E-state index is 0.199. The van der Waals surface area contributed by atoms with Crippen LogP contribution in [0.5, 0.6) is 0 Å². The minimum Gasteiger partial charge on any atom is -0.339 e. The van der Waals surface area contributed by atoms with Gasteiger partial charge in [-0.2, -0.15) is 0 Å². The van der Waals surface area contributed by atoms with Crippen molar-refractivity contribution in [3.63, 3.8) is 0 Å². The highest BCUT2D eigenvalue weighted by molar-refractivity contribution is 5.91. The molecule has 0 aliphatic heterocycles. The largest absolute Gasteiger partial charge is 0.339 e. The highest BCUT2D eigenvalue weighted by atomic mass is 16.6. The first-order valence-electron chi connectivity index (χ1n) is 15.8. The van der Waals surface area contributed by atoms with Crippen LogP contribution in [0, 0.1) is 39.9 Å². The van der Waals surface area contributed by atoms with Gasteiger partial charge in [-0.05, 0) is 98.5 Å². The van der Waals surface area contributed by atoms with Crippen LogP contribution < -0.4 is 0 Å². The molecule has 4 rings (SSSR count). The van der Waals surface area contributed by atoms with E-state index in [0.717, 1.165) is 57.6 Å². The number of oxime groups is 1. The van der Waals surface area contributed by atoms with Crippen LogP contribution in [-0.4, -0.2) is 53.9 Å². The van der Waals surface area contributed by atoms with Gasteiger partial charge < -0.3 is 9.74 Å². The molecule has 3 saturated carbocycles. The van der Waals surface area contributed by atoms with Gasteiger partial charge in [0.2, 0.25) is 5.88 Å². The Morgan fingerprint density at radius 1 is 1.10 bits per heavy atom. The molecule has 3 fully saturated rings. The fourth-order valence-electron chi connectivity index (χ4n) is 9.61. The summed E-state index contributed by atoms with van der Waals surface area (Å²) < 4.78 is 2.13. The van der Waals surface area contributed by atoms with Crippen LogP contribution in [0.4, 0.5) is 0 Å². The first kappa shape index (κ1) is 30.1. The van der Waals surface area contributed by atoms with E-state index >= 15 is 0 Å². The zero-order chi connectivity index (χ0) is 28.6. The maximum atomic E-state index is 12.2. The predicted octanol–water partition coefficient (Wildman–Crippen LogP) is 7.47. The average molecular weight is 539 g/mol. The average Bonchev–Trinajstić information content (AvgIpc) is 3.23. The van der Waals surface area contributed by atoms with E-state index in [1.165, 1.54) is 37.7 Å². The number of fused-ring (bicyclic) bond motifs is 5. The molecule has 0 aromatic heterocycles. The number of carbonyl (C=O) groups excluding carboxylic acids is 1. The van der Waals surface area contributed by atoms with E-state index in [4.69, 9.17) is 9.99 Å².